The first kappa shape index (κ1) is 17.9. The van der Waals surface area contributed by atoms with Crippen LogP contribution in [-0.2, 0) is 13.6 Å². The summed E-state index contributed by atoms with van der Waals surface area (Å²) in [5.41, 5.74) is 1.44. The maximum absolute atomic E-state index is 12.8. The van der Waals surface area contributed by atoms with Gasteiger partial charge in [-0.15, -0.1) is 0 Å². The molecule has 2 heterocycles. The molecule has 0 bridgehead atoms. The van der Waals surface area contributed by atoms with E-state index in [1.807, 2.05) is 36.5 Å². The topological polar surface area (TPSA) is 65.3 Å². The number of pyridine rings is 1. The zero-order valence-corrected chi connectivity index (χ0v) is 15.8. The molecule has 0 saturated carbocycles. The number of aromatic nitrogens is 2. The number of aryl methyl sites for hydroxylation is 1. The summed E-state index contributed by atoms with van der Waals surface area (Å²) in [6.07, 6.45) is 3.58. The molecule has 6 heteroatoms. The minimum absolute atomic E-state index is 0.111. The lowest BCUT2D eigenvalue weighted by atomic mass is 10.1. The Morgan fingerprint density at radius 1 is 1.04 bits per heavy atom. The van der Waals surface area contributed by atoms with Gasteiger partial charge in [-0.2, -0.15) is 0 Å². The van der Waals surface area contributed by atoms with Crippen molar-refractivity contribution in [1.82, 2.24) is 14.5 Å². The van der Waals surface area contributed by atoms with E-state index in [4.69, 9.17) is 4.74 Å². The predicted octanol–water partition coefficient (Wildman–Crippen LogP) is 2.93. The van der Waals surface area contributed by atoms with Crippen molar-refractivity contribution < 1.29 is 9.53 Å². The highest BCUT2D eigenvalue weighted by Crippen LogP contribution is 2.26. The first-order chi connectivity index (χ1) is 13.6. The maximum Gasteiger partial charge on any atom is 0.258 e. The number of rotatable bonds is 5. The summed E-state index contributed by atoms with van der Waals surface area (Å²) < 4.78 is 8.92. The average Bonchev–Trinajstić information content (AvgIpc) is 3.14. The third-order valence-electron chi connectivity index (χ3n) is 4.97. The van der Waals surface area contributed by atoms with Gasteiger partial charge in [0.25, 0.3) is 11.5 Å². The number of nitrogens with zero attached hydrogens (tertiary/aromatic N) is 2. The largest absolute Gasteiger partial charge is 0.496 e. The van der Waals surface area contributed by atoms with Gasteiger partial charge in [-0.1, -0.05) is 24.3 Å². The molecule has 0 aliphatic heterocycles. The van der Waals surface area contributed by atoms with Crippen LogP contribution in [0.3, 0.4) is 0 Å². The van der Waals surface area contributed by atoms with E-state index < -0.39 is 0 Å². The molecule has 4 rings (SSSR count). The second-order valence-electron chi connectivity index (χ2n) is 6.66. The van der Waals surface area contributed by atoms with Crippen LogP contribution in [0.4, 0.5) is 0 Å². The summed E-state index contributed by atoms with van der Waals surface area (Å²) in [6, 6.07) is 15.1. The van der Waals surface area contributed by atoms with E-state index in [0.717, 1.165) is 16.7 Å². The third kappa shape index (κ3) is 3.03. The molecule has 0 spiro atoms. The molecule has 0 fully saturated rings. The summed E-state index contributed by atoms with van der Waals surface area (Å²) in [7, 11) is 3.31. The van der Waals surface area contributed by atoms with E-state index in [2.05, 4.69) is 9.88 Å². The number of nitrogens with one attached hydrogen (secondary N) is 1. The molecule has 6 nitrogen and oxygen atoms in total. The maximum atomic E-state index is 12.8. The van der Waals surface area contributed by atoms with Crippen LogP contribution in [-0.4, -0.2) is 28.7 Å². The Labute approximate surface area is 162 Å². The molecule has 0 saturated heterocycles. The molecule has 0 radical (unpaired) electrons. The van der Waals surface area contributed by atoms with Crippen LogP contribution in [0.15, 0.2) is 65.7 Å². The number of carbonyl (C=O) groups is 1. The Hall–Kier alpha value is -3.54. The Balaban J connectivity index is 1.54. The second-order valence-corrected chi connectivity index (χ2v) is 6.66. The standard InChI is InChI=1S/C22H21N3O3/c1-24-14-18(15-6-3-4-7-16(15)22(24)27)21(26)23-11-13-25-12-10-17-19(25)8-5-9-20(17)28-2/h3-10,12,14H,11,13H2,1-2H3,(H,23,26). The average molecular weight is 375 g/mol. The summed E-state index contributed by atoms with van der Waals surface area (Å²) in [5, 5.41) is 5.21. The molecule has 1 N–H and O–H groups in total. The van der Waals surface area contributed by atoms with E-state index in [0.29, 0.717) is 29.4 Å². The van der Waals surface area contributed by atoms with E-state index >= 15 is 0 Å². The van der Waals surface area contributed by atoms with Crippen LogP contribution < -0.4 is 15.6 Å². The van der Waals surface area contributed by atoms with Gasteiger partial charge in [-0.3, -0.25) is 9.59 Å². The van der Waals surface area contributed by atoms with Crippen LogP contribution in [0.5, 0.6) is 5.75 Å². The third-order valence-corrected chi connectivity index (χ3v) is 4.97. The van der Waals surface area contributed by atoms with Gasteiger partial charge < -0.3 is 19.2 Å². The SMILES string of the molecule is COc1cccc2c1ccn2CCNC(=O)c1cn(C)c(=O)c2ccccc12. The fraction of sp³-hybridized carbons (Fsp3) is 0.182. The lowest BCUT2D eigenvalue weighted by Gasteiger charge is -2.11. The quantitative estimate of drug-likeness (QED) is 0.583. The Kier molecular flexibility index (Phi) is 4.61. The van der Waals surface area contributed by atoms with E-state index in [1.165, 1.54) is 4.57 Å². The molecular formula is C22H21N3O3. The van der Waals surface area contributed by atoms with Crippen LogP contribution in [0, 0.1) is 0 Å². The zero-order chi connectivity index (χ0) is 19.7. The van der Waals surface area contributed by atoms with E-state index in [1.54, 1.807) is 38.6 Å². The molecule has 1 amide bonds. The van der Waals surface area contributed by atoms with Crippen LogP contribution in [0.2, 0.25) is 0 Å². The molecular weight excluding hydrogens is 354 g/mol. The van der Waals surface area contributed by atoms with Crippen molar-refractivity contribution in [3.05, 3.63) is 76.8 Å². The smallest absolute Gasteiger partial charge is 0.258 e. The van der Waals surface area contributed by atoms with Crippen LogP contribution in [0.25, 0.3) is 21.7 Å². The molecule has 142 valence electrons. The zero-order valence-electron chi connectivity index (χ0n) is 15.8. The number of ether oxygens (including phenoxy) is 1. The van der Waals surface area contributed by atoms with Crippen LogP contribution >= 0.6 is 0 Å². The number of carbonyl (C=O) groups excluding carboxylic acids is 1. The first-order valence-corrected chi connectivity index (χ1v) is 9.08. The van der Waals surface area contributed by atoms with Gasteiger partial charge in [-0.05, 0) is 24.3 Å². The highest BCUT2D eigenvalue weighted by Gasteiger charge is 2.13. The summed E-state index contributed by atoms with van der Waals surface area (Å²) in [5.74, 6) is 0.637. The normalized spacial score (nSPS) is 11.1. The number of hydrogen-bond acceptors (Lipinski definition) is 3. The van der Waals surface area contributed by atoms with Gasteiger partial charge >= 0.3 is 0 Å². The van der Waals surface area contributed by atoms with Crippen molar-refractivity contribution in [1.29, 1.82) is 0 Å². The van der Waals surface area contributed by atoms with E-state index in [-0.39, 0.29) is 11.5 Å². The number of hydrogen-bond donors (Lipinski definition) is 1. The number of fused-ring (bicyclic) bond motifs is 2. The van der Waals surface area contributed by atoms with Crippen molar-refractivity contribution in [2.24, 2.45) is 7.05 Å². The Bertz CT molecular complexity index is 1240. The van der Waals surface area contributed by atoms with Gasteiger partial charge in [-0.25, -0.2) is 0 Å². The van der Waals surface area contributed by atoms with E-state index in [9.17, 15) is 9.59 Å². The number of amides is 1. The minimum Gasteiger partial charge on any atom is -0.496 e. The van der Waals surface area contributed by atoms with Crippen molar-refractivity contribution in [3.8, 4) is 5.75 Å². The van der Waals surface area contributed by atoms with Crippen molar-refractivity contribution >= 4 is 27.6 Å². The number of methoxy groups -OCH3 is 1. The molecule has 0 aliphatic carbocycles. The van der Waals surface area contributed by atoms with Gasteiger partial charge in [0.15, 0.2) is 0 Å². The Morgan fingerprint density at radius 3 is 2.61 bits per heavy atom. The van der Waals surface area contributed by atoms with Crippen molar-refractivity contribution in [2.45, 2.75) is 6.54 Å². The highest BCUT2D eigenvalue weighted by atomic mass is 16.5. The first-order valence-electron chi connectivity index (χ1n) is 9.08. The van der Waals surface area contributed by atoms with Crippen molar-refractivity contribution in [3.63, 3.8) is 0 Å². The fourth-order valence-electron chi connectivity index (χ4n) is 3.55. The second kappa shape index (κ2) is 7.23. The predicted molar refractivity (Wildman–Crippen MR) is 110 cm³/mol. The fourth-order valence-corrected chi connectivity index (χ4v) is 3.55. The summed E-state index contributed by atoms with van der Waals surface area (Å²) in [6.45, 7) is 1.10. The molecule has 0 atom stereocenters. The molecule has 0 unspecified atom stereocenters. The molecule has 4 aromatic rings. The Morgan fingerprint density at radius 2 is 1.82 bits per heavy atom. The molecule has 28 heavy (non-hydrogen) atoms. The van der Waals surface area contributed by atoms with Gasteiger partial charge in [0.2, 0.25) is 0 Å². The lowest BCUT2D eigenvalue weighted by molar-refractivity contribution is 0.0953. The summed E-state index contributed by atoms with van der Waals surface area (Å²) >= 11 is 0. The number of benzene rings is 2. The molecule has 0 aliphatic rings. The van der Waals surface area contributed by atoms with Crippen molar-refractivity contribution in [2.75, 3.05) is 13.7 Å². The summed E-state index contributed by atoms with van der Waals surface area (Å²) in [4.78, 5) is 25.0. The monoisotopic (exact) mass is 375 g/mol. The lowest BCUT2D eigenvalue weighted by Crippen LogP contribution is -2.29. The highest BCUT2D eigenvalue weighted by molar-refractivity contribution is 6.06. The minimum atomic E-state index is -0.194. The van der Waals surface area contributed by atoms with Gasteiger partial charge in [0.1, 0.15) is 5.75 Å². The van der Waals surface area contributed by atoms with Crippen LogP contribution in [0.1, 0.15) is 10.4 Å². The van der Waals surface area contributed by atoms with Gasteiger partial charge in [0.05, 0.1) is 18.2 Å². The molecule has 2 aromatic carbocycles. The van der Waals surface area contributed by atoms with Gasteiger partial charge in [0, 0.05) is 48.7 Å². The molecule has 2 aromatic heterocycles.